The van der Waals surface area contributed by atoms with Gasteiger partial charge in [0.1, 0.15) is 5.82 Å². The van der Waals surface area contributed by atoms with E-state index in [9.17, 15) is 8.42 Å². The predicted octanol–water partition coefficient (Wildman–Crippen LogP) is 4.13. The second kappa shape index (κ2) is 8.51. The second-order valence-electron chi connectivity index (χ2n) is 5.68. The number of halogens is 1. The molecule has 0 atom stereocenters. The lowest BCUT2D eigenvalue weighted by molar-refractivity contribution is 0.198. The Balaban J connectivity index is 1.95. The van der Waals surface area contributed by atoms with E-state index in [1.54, 1.807) is 31.4 Å². The fourth-order valence-corrected chi connectivity index (χ4v) is 3.69. The molecule has 142 valence electrons. The molecule has 0 amide bonds. The largest absolute Gasteiger partial charge is 0.462 e. The SMILES string of the molecule is COCCC[N-]c1nc2ccccc2nc1NS(=O)(=O)c1cccc(Cl)c1. The summed E-state index contributed by atoms with van der Waals surface area (Å²) in [6.07, 6.45) is 0.686. The smallest absolute Gasteiger partial charge is 0.263 e. The molecule has 0 aliphatic rings. The number of benzene rings is 2. The van der Waals surface area contributed by atoms with Gasteiger partial charge in [0.25, 0.3) is 10.0 Å². The highest BCUT2D eigenvalue weighted by Crippen LogP contribution is 2.29. The van der Waals surface area contributed by atoms with Gasteiger partial charge >= 0.3 is 0 Å². The van der Waals surface area contributed by atoms with Gasteiger partial charge < -0.3 is 15.0 Å². The average Bonchev–Trinajstić information content (AvgIpc) is 2.65. The van der Waals surface area contributed by atoms with Crippen molar-refractivity contribution in [2.24, 2.45) is 0 Å². The molecule has 1 heterocycles. The van der Waals surface area contributed by atoms with Crippen LogP contribution in [0.4, 0.5) is 11.6 Å². The van der Waals surface area contributed by atoms with Gasteiger partial charge in [-0.3, -0.25) is 4.72 Å². The Bertz CT molecular complexity index is 1040. The van der Waals surface area contributed by atoms with Crippen LogP contribution in [0.5, 0.6) is 0 Å². The molecular weight excluding hydrogens is 388 g/mol. The van der Waals surface area contributed by atoms with E-state index in [4.69, 9.17) is 16.3 Å². The van der Waals surface area contributed by atoms with E-state index in [0.717, 1.165) is 0 Å². The van der Waals surface area contributed by atoms with Gasteiger partial charge in [-0.05, 0) is 48.6 Å². The van der Waals surface area contributed by atoms with Gasteiger partial charge in [-0.2, -0.15) is 0 Å². The zero-order valence-electron chi connectivity index (χ0n) is 14.6. The molecule has 0 radical (unpaired) electrons. The van der Waals surface area contributed by atoms with Crippen molar-refractivity contribution in [3.63, 3.8) is 0 Å². The van der Waals surface area contributed by atoms with Crippen LogP contribution in [0.25, 0.3) is 16.4 Å². The minimum atomic E-state index is -3.88. The molecule has 3 aromatic rings. The highest BCUT2D eigenvalue weighted by Gasteiger charge is 2.16. The molecule has 2 aromatic carbocycles. The van der Waals surface area contributed by atoms with Crippen molar-refractivity contribution in [3.05, 3.63) is 58.9 Å². The number of nitrogens with one attached hydrogen (secondary N) is 1. The molecule has 0 saturated carbocycles. The van der Waals surface area contributed by atoms with E-state index >= 15 is 0 Å². The van der Waals surface area contributed by atoms with E-state index in [-0.39, 0.29) is 16.5 Å². The van der Waals surface area contributed by atoms with Crippen molar-refractivity contribution in [2.45, 2.75) is 11.3 Å². The topological polar surface area (TPSA) is 95.3 Å². The number of sulfonamides is 1. The van der Waals surface area contributed by atoms with Gasteiger partial charge in [-0.15, -0.1) is 0 Å². The minimum absolute atomic E-state index is 0.0373. The molecule has 1 aromatic heterocycles. The molecule has 0 bridgehead atoms. The third-order valence-corrected chi connectivity index (χ3v) is 5.23. The number of ether oxygens (including phenoxy) is 1. The van der Waals surface area contributed by atoms with Crippen molar-refractivity contribution < 1.29 is 13.2 Å². The molecular formula is C18H18ClN4O3S-. The first-order valence-corrected chi connectivity index (χ1v) is 10.1. The normalized spacial score (nSPS) is 11.5. The fraction of sp³-hybridized carbons (Fsp3) is 0.222. The van der Waals surface area contributed by atoms with Crippen LogP contribution in [0.15, 0.2) is 53.4 Å². The number of anilines is 1. The van der Waals surface area contributed by atoms with Crippen molar-refractivity contribution in [1.29, 1.82) is 0 Å². The zero-order chi connectivity index (χ0) is 19.3. The molecule has 0 fully saturated rings. The maximum Gasteiger partial charge on any atom is 0.263 e. The van der Waals surface area contributed by atoms with Crippen molar-refractivity contribution >= 4 is 44.3 Å². The Hall–Kier alpha value is -2.42. The van der Waals surface area contributed by atoms with E-state index in [1.165, 1.54) is 12.1 Å². The highest BCUT2D eigenvalue weighted by atomic mass is 35.5. The van der Waals surface area contributed by atoms with E-state index in [1.807, 2.05) is 12.1 Å². The molecule has 27 heavy (non-hydrogen) atoms. The molecule has 1 N–H and O–H groups in total. The summed E-state index contributed by atoms with van der Waals surface area (Å²) in [5.74, 6) is 0.307. The Morgan fingerprint density at radius 3 is 2.56 bits per heavy atom. The van der Waals surface area contributed by atoms with Crippen LogP contribution in [0.3, 0.4) is 0 Å². The third-order valence-electron chi connectivity index (χ3n) is 3.66. The van der Waals surface area contributed by atoms with Crippen LogP contribution in [-0.2, 0) is 14.8 Å². The van der Waals surface area contributed by atoms with Gasteiger partial charge in [0.2, 0.25) is 0 Å². The summed E-state index contributed by atoms with van der Waals surface area (Å²) in [4.78, 5) is 8.88. The summed E-state index contributed by atoms with van der Waals surface area (Å²) in [6, 6.07) is 13.2. The first-order valence-electron chi connectivity index (χ1n) is 8.21. The fourth-order valence-electron chi connectivity index (χ4n) is 2.38. The molecule has 7 nitrogen and oxygen atoms in total. The number of nitrogens with zero attached hydrogens (tertiary/aromatic N) is 3. The van der Waals surface area contributed by atoms with Crippen LogP contribution in [0.2, 0.25) is 5.02 Å². The van der Waals surface area contributed by atoms with Crippen LogP contribution < -0.4 is 4.72 Å². The lowest BCUT2D eigenvalue weighted by atomic mass is 10.3. The molecule has 9 heteroatoms. The molecule has 0 aliphatic carbocycles. The Morgan fingerprint density at radius 2 is 1.85 bits per heavy atom. The quantitative estimate of drug-likeness (QED) is 0.568. The van der Waals surface area contributed by atoms with E-state index in [2.05, 4.69) is 20.0 Å². The summed E-state index contributed by atoms with van der Waals surface area (Å²) >= 11 is 5.91. The lowest BCUT2D eigenvalue weighted by Crippen LogP contribution is -2.14. The zero-order valence-corrected chi connectivity index (χ0v) is 16.2. The van der Waals surface area contributed by atoms with Crippen LogP contribution in [0.1, 0.15) is 6.42 Å². The summed E-state index contributed by atoms with van der Waals surface area (Å²) in [5, 5.41) is 4.71. The molecule has 3 rings (SSSR count). The van der Waals surface area contributed by atoms with Crippen LogP contribution in [-0.4, -0.2) is 38.6 Å². The van der Waals surface area contributed by atoms with Crippen LogP contribution in [0, 0.1) is 0 Å². The second-order valence-corrected chi connectivity index (χ2v) is 7.79. The number of rotatable bonds is 8. The summed E-state index contributed by atoms with van der Waals surface area (Å²) in [6.45, 7) is 0.987. The van der Waals surface area contributed by atoms with Gasteiger partial charge in [-0.1, -0.05) is 35.9 Å². The Labute approximate surface area is 162 Å². The maximum atomic E-state index is 12.7. The van der Waals surface area contributed by atoms with Crippen molar-refractivity contribution in [3.8, 4) is 0 Å². The van der Waals surface area contributed by atoms with Gasteiger partial charge in [0.15, 0.2) is 0 Å². The monoisotopic (exact) mass is 405 g/mol. The molecule has 0 aliphatic heterocycles. The summed E-state index contributed by atoms with van der Waals surface area (Å²) in [5.41, 5.74) is 1.20. The van der Waals surface area contributed by atoms with Crippen LogP contribution >= 0.6 is 11.6 Å². The lowest BCUT2D eigenvalue weighted by Gasteiger charge is -2.21. The van der Waals surface area contributed by atoms with Gasteiger partial charge in [0, 0.05) is 18.7 Å². The van der Waals surface area contributed by atoms with Gasteiger partial charge in [-0.25, -0.2) is 13.4 Å². The average molecular weight is 406 g/mol. The molecule has 0 spiro atoms. The Morgan fingerprint density at radius 1 is 1.11 bits per heavy atom. The van der Waals surface area contributed by atoms with Crippen molar-refractivity contribution in [1.82, 2.24) is 9.97 Å². The number of para-hydroxylation sites is 2. The van der Waals surface area contributed by atoms with Crippen molar-refractivity contribution in [2.75, 3.05) is 25.0 Å². The first-order chi connectivity index (χ1) is 13.0. The molecule has 0 saturated heterocycles. The number of aromatic nitrogens is 2. The first kappa shape index (κ1) is 19.3. The number of fused-ring (bicyclic) bond motifs is 1. The number of hydrogen-bond acceptors (Lipinski definition) is 5. The number of hydrogen-bond donors (Lipinski definition) is 1. The Kier molecular flexibility index (Phi) is 6.10. The number of methoxy groups -OCH3 is 1. The minimum Gasteiger partial charge on any atom is -0.462 e. The summed E-state index contributed by atoms with van der Waals surface area (Å²) < 4.78 is 32.9. The summed E-state index contributed by atoms with van der Waals surface area (Å²) in [7, 11) is -2.27. The third kappa shape index (κ3) is 4.85. The molecule has 0 unspecified atom stereocenters. The predicted molar refractivity (Wildman–Crippen MR) is 106 cm³/mol. The van der Waals surface area contributed by atoms with Gasteiger partial charge in [0.05, 0.1) is 10.4 Å². The van der Waals surface area contributed by atoms with E-state index in [0.29, 0.717) is 35.6 Å². The standard InChI is InChI=1S/C18H18ClN4O3S/c1-26-11-5-10-20-17-18(22-16-9-3-2-8-15(16)21-17)23-27(24,25)14-7-4-6-13(19)12-14/h2-4,6-9,12H,5,10-11H2,1H3,(H-,20,21,22,23)/q-1. The maximum absolute atomic E-state index is 12.7. The highest BCUT2D eigenvalue weighted by molar-refractivity contribution is 7.92. The van der Waals surface area contributed by atoms with E-state index < -0.39 is 10.0 Å².